The van der Waals surface area contributed by atoms with Crippen molar-refractivity contribution in [3.05, 3.63) is 60.7 Å². The van der Waals surface area contributed by atoms with E-state index in [9.17, 15) is 4.79 Å². The van der Waals surface area contributed by atoms with Gasteiger partial charge in [0.05, 0.1) is 11.2 Å². The number of para-hydroxylation sites is 1. The number of amides is 1. The van der Waals surface area contributed by atoms with Crippen LogP contribution < -0.4 is 0 Å². The molecule has 0 aliphatic heterocycles. The van der Waals surface area contributed by atoms with Crippen LogP contribution in [-0.4, -0.2) is 28.2 Å². The van der Waals surface area contributed by atoms with Crippen molar-refractivity contribution in [2.24, 2.45) is 0 Å². The maximum atomic E-state index is 12.5. The third-order valence-electron chi connectivity index (χ3n) is 3.97. The summed E-state index contributed by atoms with van der Waals surface area (Å²) >= 11 is 1.29. The smallest absolute Gasteiger partial charge is 0.286 e. The number of hydrogen-bond donors (Lipinski definition) is 0. The van der Waals surface area contributed by atoms with Crippen LogP contribution >= 0.6 is 24.2 Å². The minimum Gasteiger partial charge on any atom is -0.334 e. The van der Waals surface area contributed by atoms with Crippen molar-refractivity contribution in [3.8, 4) is 11.3 Å². The fourth-order valence-electron chi connectivity index (χ4n) is 2.63. The molecule has 130 valence electrons. The van der Waals surface area contributed by atoms with E-state index >= 15 is 0 Å². The third-order valence-corrected chi connectivity index (χ3v) is 4.96. The van der Waals surface area contributed by atoms with Crippen molar-refractivity contribution in [2.75, 3.05) is 13.1 Å². The summed E-state index contributed by atoms with van der Waals surface area (Å²) in [5, 5.41) is 1.10. The van der Waals surface area contributed by atoms with Gasteiger partial charge in [-0.2, -0.15) is 0 Å². The lowest BCUT2D eigenvalue weighted by atomic mass is 10.1. The molecule has 0 fully saturated rings. The summed E-state index contributed by atoms with van der Waals surface area (Å²) in [4.78, 5) is 20.1. The number of thioether (sulfide) groups is 1. The van der Waals surface area contributed by atoms with Gasteiger partial charge in [0.15, 0.2) is 0 Å². The zero-order valence-electron chi connectivity index (χ0n) is 14.3. The van der Waals surface area contributed by atoms with Gasteiger partial charge in [0, 0.05) is 28.9 Å². The Hall–Kier alpha value is -2.04. The molecule has 3 aromatic rings. The molecule has 25 heavy (non-hydrogen) atoms. The summed E-state index contributed by atoms with van der Waals surface area (Å²) in [6, 6.07) is 20.1. The Kier molecular flexibility index (Phi) is 6.85. The second-order valence-corrected chi connectivity index (χ2v) is 6.42. The SMILES string of the molecule is CCN(CC)C(=O)Sc1cc(-c2ccccc2)nc2ccccc12.Cl. The van der Waals surface area contributed by atoms with Gasteiger partial charge < -0.3 is 4.90 Å². The maximum Gasteiger partial charge on any atom is 0.286 e. The average molecular weight is 373 g/mol. The molecule has 1 aromatic heterocycles. The fourth-order valence-corrected chi connectivity index (χ4v) is 3.65. The van der Waals surface area contributed by atoms with Crippen LogP contribution in [0.1, 0.15) is 13.8 Å². The number of fused-ring (bicyclic) bond motifs is 1. The molecule has 3 rings (SSSR count). The Morgan fingerprint density at radius 2 is 1.64 bits per heavy atom. The van der Waals surface area contributed by atoms with Gasteiger partial charge in [-0.3, -0.25) is 4.79 Å². The summed E-state index contributed by atoms with van der Waals surface area (Å²) in [6.45, 7) is 5.44. The topological polar surface area (TPSA) is 33.2 Å². The fraction of sp³-hybridized carbons (Fsp3) is 0.200. The van der Waals surface area contributed by atoms with Crippen molar-refractivity contribution in [1.29, 1.82) is 0 Å². The van der Waals surface area contributed by atoms with Gasteiger partial charge in [0.1, 0.15) is 0 Å². The number of aromatic nitrogens is 1. The molecule has 5 heteroatoms. The van der Waals surface area contributed by atoms with E-state index in [1.807, 2.05) is 79.4 Å². The molecule has 1 amide bonds. The number of hydrogen-bond acceptors (Lipinski definition) is 3. The van der Waals surface area contributed by atoms with E-state index in [0.29, 0.717) is 0 Å². The van der Waals surface area contributed by atoms with Gasteiger partial charge in [-0.05, 0) is 37.7 Å². The van der Waals surface area contributed by atoms with E-state index < -0.39 is 0 Å². The maximum absolute atomic E-state index is 12.5. The Bertz CT molecular complexity index is 851. The molecule has 0 saturated heterocycles. The first-order chi connectivity index (χ1) is 11.7. The van der Waals surface area contributed by atoms with E-state index in [-0.39, 0.29) is 17.6 Å². The number of pyridine rings is 1. The summed E-state index contributed by atoms with van der Waals surface area (Å²) in [6.07, 6.45) is 0. The van der Waals surface area contributed by atoms with E-state index in [4.69, 9.17) is 4.98 Å². The van der Waals surface area contributed by atoms with Crippen LogP contribution in [-0.2, 0) is 0 Å². The van der Waals surface area contributed by atoms with E-state index in [1.165, 1.54) is 11.8 Å². The van der Waals surface area contributed by atoms with Crippen LogP contribution in [0.3, 0.4) is 0 Å². The minimum atomic E-state index is 0. The zero-order chi connectivity index (χ0) is 16.9. The van der Waals surface area contributed by atoms with E-state index in [0.717, 1.165) is 40.1 Å². The molecule has 0 aliphatic carbocycles. The third kappa shape index (κ3) is 4.33. The Labute approximate surface area is 158 Å². The van der Waals surface area contributed by atoms with Crippen molar-refractivity contribution in [2.45, 2.75) is 18.7 Å². The predicted molar refractivity (Wildman–Crippen MR) is 109 cm³/mol. The average Bonchev–Trinajstić information content (AvgIpc) is 2.63. The van der Waals surface area contributed by atoms with Gasteiger partial charge in [0.2, 0.25) is 0 Å². The van der Waals surface area contributed by atoms with Crippen LogP contribution in [0.5, 0.6) is 0 Å². The van der Waals surface area contributed by atoms with E-state index in [1.54, 1.807) is 0 Å². The summed E-state index contributed by atoms with van der Waals surface area (Å²) in [5.41, 5.74) is 2.86. The first kappa shape index (κ1) is 19.3. The lowest BCUT2D eigenvalue weighted by Gasteiger charge is -2.18. The Morgan fingerprint density at radius 1 is 1.00 bits per heavy atom. The van der Waals surface area contributed by atoms with Gasteiger partial charge >= 0.3 is 0 Å². The van der Waals surface area contributed by atoms with Crippen molar-refractivity contribution in [1.82, 2.24) is 9.88 Å². The molecular weight excluding hydrogens is 352 g/mol. The zero-order valence-corrected chi connectivity index (χ0v) is 15.9. The molecule has 0 bridgehead atoms. The molecule has 0 spiro atoms. The lowest BCUT2D eigenvalue weighted by Crippen LogP contribution is -2.26. The van der Waals surface area contributed by atoms with Crippen LogP contribution in [0.4, 0.5) is 4.79 Å². The quantitative estimate of drug-likeness (QED) is 0.536. The summed E-state index contributed by atoms with van der Waals surface area (Å²) < 4.78 is 0. The monoisotopic (exact) mass is 372 g/mol. The van der Waals surface area contributed by atoms with Crippen LogP contribution in [0.15, 0.2) is 65.6 Å². The second kappa shape index (κ2) is 8.88. The summed E-state index contributed by atoms with van der Waals surface area (Å²) in [7, 11) is 0. The van der Waals surface area contributed by atoms with Crippen molar-refractivity contribution < 1.29 is 4.79 Å². The lowest BCUT2D eigenvalue weighted by molar-refractivity contribution is 0.228. The normalized spacial score (nSPS) is 10.3. The molecule has 0 unspecified atom stereocenters. The molecule has 1 heterocycles. The molecule has 0 N–H and O–H groups in total. The molecule has 0 saturated carbocycles. The molecular formula is C20H21ClN2OS. The van der Waals surface area contributed by atoms with Crippen molar-refractivity contribution in [3.63, 3.8) is 0 Å². The van der Waals surface area contributed by atoms with Crippen molar-refractivity contribution >= 4 is 40.3 Å². The Balaban J connectivity index is 0.00000225. The Morgan fingerprint density at radius 3 is 2.32 bits per heavy atom. The number of carbonyl (C=O) groups is 1. The van der Waals surface area contributed by atoms with Crippen LogP contribution in [0, 0.1) is 0 Å². The van der Waals surface area contributed by atoms with Gasteiger partial charge in [0.25, 0.3) is 5.24 Å². The highest BCUT2D eigenvalue weighted by atomic mass is 35.5. The van der Waals surface area contributed by atoms with Gasteiger partial charge in [-0.15, -0.1) is 12.4 Å². The number of benzene rings is 2. The number of rotatable bonds is 4. The minimum absolute atomic E-state index is 0. The van der Waals surface area contributed by atoms with Crippen LogP contribution in [0.2, 0.25) is 0 Å². The highest BCUT2D eigenvalue weighted by Gasteiger charge is 2.15. The van der Waals surface area contributed by atoms with Gasteiger partial charge in [-0.1, -0.05) is 48.5 Å². The highest BCUT2D eigenvalue weighted by molar-refractivity contribution is 8.13. The molecule has 0 radical (unpaired) electrons. The number of halogens is 1. The highest BCUT2D eigenvalue weighted by Crippen LogP contribution is 2.32. The first-order valence-corrected chi connectivity index (χ1v) is 8.96. The standard InChI is InChI=1S/C20H20N2OS.ClH/c1-3-22(4-2)20(23)24-19-14-18(15-10-6-5-7-11-15)21-17-13-9-8-12-16(17)19;/h5-14H,3-4H2,1-2H3;1H. The first-order valence-electron chi connectivity index (χ1n) is 8.15. The molecule has 0 aliphatic rings. The van der Waals surface area contributed by atoms with E-state index in [2.05, 4.69) is 0 Å². The number of nitrogens with zero attached hydrogens (tertiary/aromatic N) is 2. The molecule has 0 atom stereocenters. The number of carbonyl (C=O) groups excluding carboxylic acids is 1. The second-order valence-electron chi connectivity index (χ2n) is 5.43. The van der Waals surface area contributed by atoms with Crippen LogP contribution in [0.25, 0.3) is 22.2 Å². The largest absolute Gasteiger partial charge is 0.334 e. The van der Waals surface area contributed by atoms with Gasteiger partial charge in [-0.25, -0.2) is 4.98 Å². The molecule has 3 nitrogen and oxygen atoms in total. The summed E-state index contributed by atoms with van der Waals surface area (Å²) in [5.74, 6) is 0. The molecule has 2 aromatic carbocycles. The predicted octanol–water partition coefficient (Wildman–Crippen LogP) is 5.88.